The SMILES string of the molecule is COc1cc2c(cc1OC)[C@@H](NC(=O)CCN1C(=O)C[C@](C)(c3ccccc3)C1=O)CC2. The van der Waals surface area contributed by atoms with Gasteiger partial charge in [0.25, 0.3) is 0 Å². The lowest BCUT2D eigenvalue weighted by molar-refractivity contribution is -0.140. The summed E-state index contributed by atoms with van der Waals surface area (Å²) in [6, 6.07) is 13.1. The lowest BCUT2D eigenvalue weighted by Gasteiger charge is -2.23. The van der Waals surface area contributed by atoms with Crippen LogP contribution < -0.4 is 14.8 Å². The minimum absolute atomic E-state index is 0.0709. The van der Waals surface area contributed by atoms with Gasteiger partial charge in [-0.25, -0.2) is 0 Å². The second-order valence-electron chi connectivity index (χ2n) is 8.54. The molecule has 3 amide bonds. The lowest BCUT2D eigenvalue weighted by Crippen LogP contribution is -2.39. The van der Waals surface area contributed by atoms with Crippen LogP contribution in [0, 0.1) is 0 Å². The molecule has 0 spiro atoms. The Morgan fingerprint density at radius 3 is 2.50 bits per heavy atom. The van der Waals surface area contributed by atoms with Crippen molar-refractivity contribution in [2.75, 3.05) is 20.8 Å². The number of ether oxygens (including phenoxy) is 2. The van der Waals surface area contributed by atoms with Crippen LogP contribution in [0.1, 0.15) is 48.9 Å². The Balaban J connectivity index is 1.39. The molecule has 0 aromatic heterocycles. The average molecular weight is 437 g/mol. The number of hydrogen-bond donors (Lipinski definition) is 1. The van der Waals surface area contributed by atoms with E-state index in [0.717, 1.165) is 29.5 Å². The van der Waals surface area contributed by atoms with Crippen LogP contribution in [0.2, 0.25) is 0 Å². The third-order valence-corrected chi connectivity index (χ3v) is 6.55. The number of fused-ring (bicyclic) bond motifs is 1. The van der Waals surface area contributed by atoms with Gasteiger partial charge in [-0.3, -0.25) is 19.3 Å². The van der Waals surface area contributed by atoms with Crippen LogP contribution in [0.5, 0.6) is 11.5 Å². The van der Waals surface area contributed by atoms with Crippen LogP contribution in [0.15, 0.2) is 42.5 Å². The lowest BCUT2D eigenvalue weighted by atomic mass is 9.81. The molecule has 7 nitrogen and oxygen atoms in total. The Bertz CT molecular complexity index is 1050. The van der Waals surface area contributed by atoms with Crippen LogP contribution in [-0.2, 0) is 26.2 Å². The molecule has 2 atom stereocenters. The summed E-state index contributed by atoms with van der Waals surface area (Å²) < 4.78 is 10.8. The fourth-order valence-corrected chi connectivity index (χ4v) is 4.71. The zero-order valence-corrected chi connectivity index (χ0v) is 18.6. The number of benzene rings is 2. The second-order valence-corrected chi connectivity index (χ2v) is 8.54. The molecule has 1 aliphatic carbocycles. The van der Waals surface area contributed by atoms with E-state index in [9.17, 15) is 14.4 Å². The van der Waals surface area contributed by atoms with Gasteiger partial charge in [0.15, 0.2) is 11.5 Å². The van der Waals surface area contributed by atoms with E-state index in [1.54, 1.807) is 21.1 Å². The van der Waals surface area contributed by atoms with Crippen LogP contribution >= 0.6 is 0 Å². The topological polar surface area (TPSA) is 84.9 Å². The molecule has 2 aliphatic rings. The summed E-state index contributed by atoms with van der Waals surface area (Å²) in [5, 5.41) is 3.05. The maximum Gasteiger partial charge on any atom is 0.240 e. The van der Waals surface area contributed by atoms with Gasteiger partial charge in [0.2, 0.25) is 17.7 Å². The van der Waals surface area contributed by atoms with Crippen molar-refractivity contribution in [3.63, 3.8) is 0 Å². The molecule has 2 aromatic carbocycles. The highest BCUT2D eigenvalue weighted by atomic mass is 16.5. The fraction of sp³-hybridized carbons (Fsp3) is 0.400. The first kappa shape index (κ1) is 21.9. The molecular formula is C25H28N2O5. The minimum atomic E-state index is -0.880. The Labute approximate surface area is 187 Å². The van der Waals surface area contributed by atoms with Crippen molar-refractivity contribution in [3.05, 3.63) is 59.2 Å². The third kappa shape index (κ3) is 3.83. The van der Waals surface area contributed by atoms with Crippen molar-refractivity contribution in [1.29, 1.82) is 0 Å². The number of hydrogen-bond acceptors (Lipinski definition) is 5. The van der Waals surface area contributed by atoms with Gasteiger partial charge in [-0.1, -0.05) is 30.3 Å². The van der Waals surface area contributed by atoms with Gasteiger partial charge in [0, 0.05) is 19.4 Å². The highest BCUT2D eigenvalue weighted by molar-refractivity contribution is 6.09. The number of imide groups is 1. The average Bonchev–Trinajstić information content (AvgIpc) is 3.29. The number of nitrogens with one attached hydrogen (secondary N) is 1. The summed E-state index contributed by atoms with van der Waals surface area (Å²) >= 11 is 0. The molecule has 0 bridgehead atoms. The summed E-state index contributed by atoms with van der Waals surface area (Å²) in [5.41, 5.74) is 2.07. The number of carbonyl (C=O) groups is 3. The van der Waals surface area contributed by atoms with Gasteiger partial charge in [-0.15, -0.1) is 0 Å². The molecule has 32 heavy (non-hydrogen) atoms. The van der Waals surface area contributed by atoms with Crippen molar-refractivity contribution in [2.24, 2.45) is 0 Å². The number of carbonyl (C=O) groups excluding carboxylic acids is 3. The highest BCUT2D eigenvalue weighted by Gasteiger charge is 2.49. The van der Waals surface area contributed by atoms with E-state index in [1.165, 1.54) is 4.90 Å². The number of amides is 3. The molecule has 0 saturated carbocycles. The highest BCUT2D eigenvalue weighted by Crippen LogP contribution is 2.39. The van der Waals surface area contributed by atoms with E-state index in [1.807, 2.05) is 42.5 Å². The number of rotatable bonds is 7. The smallest absolute Gasteiger partial charge is 0.240 e. The second kappa shape index (κ2) is 8.65. The van der Waals surface area contributed by atoms with Crippen LogP contribution in [0.3, 0.4) is 0 Å². The van der Waals surface area contributed by atoms with Crippen LogP contribution in [0.4, 0.5) is 0 Å². The van der Waals surface area contributed by atoms with Gasteiger partial charge < -0.3 is 14.8 Å². The van der Waals surface area contributed by atoms with Crippen molar-refractivity contribution in [3.8, 4) is 11.5 Å². The summed E-state index contributed by atoms with van der Waals surface area (Å²) in [6.07, 6.45) is 1.81. The first-order valence-electron chi connectivity index (χ1n) is 10.8. The van der Waals surface area contributed by atoms with Gasteiger partial charge in [-0.05, 0) is 48.6 Å². The van der Waals surface area contributed by atoms with E-state index in [4.69, 9.17) is 9.47 Å². The number of aryl methyl sites for hydroxylation is 1. The zero-order chi connectivity index (χ0) is 22.9. The number of likely N-dealkylation sites (tertiary alicyclic amines) is 1. The molecule has 1 heterocycles. The van der Waals surface area contributed by atoms with Crippen molar-refractivity contribution in [1.82, 2.24) is 10.2 Å². The maximum atomic E-state index is 13.0. The molecule has 1 N–H and O–H groups in total. The van der Waals surface area contributed by atoms with Gasteiger partial charge >= 0.3 is 0 Å². The molecule has 1 fully saturated rings. The first-order chi connectivity index (χ1) is 15.4. The van der Waals surface area contributed by atoms with E-state index in [-0.39, 0.29) is 43.1 Å². The maximum absolute atomic E-state index is 13.0. The molecule has 7 heteroatoms. The molecule has 2 aromatic rings. The summed E-state index contributed by atoms with van der Waals surface area (Å²) in [7, 11) is 3.18. The fourth-order valence-electron chi connectivity index (χ4n) is 4.71. The third-order valence-electron chi connectivity index (χ3n) is 6.55. The standard InChI is InChI=1S/C25H28N2O5/c1-25(17-7-5-4-6-8-17)15-23(29)27(24(25)30)12-11-22(28)26-19-10-9-16-13-20(31-2)21(32-3)14-18(16)19/h4-8,13-14,19H,9-12,15H2,1-3H3,(H,26,28)/t19-,25+/m0/s1. The first-order valence-corrected chi connectivity index (χ1v) is 10.8. The molecule has 0 unspecified atom stereocenters. The van der Waals surface area contributed by atoms with Crippen molar-refractivity contribution < 1.29 is 23.9 Å². The summed E-state index contributed by atoms with van der Waals surface area (Å²) in [5.74, 6) is 0.625. The molecule has 4 rings (SSSR count). The van der Waals surface area contributed by atoms with Gasteiger partial charge in [0.1, 0.15) is 0 Å². The Hall–Kier alpha value is -3.35. The van der Waals surface area contributed by atoms with E-state index < -0.39 is 5.41 Å². The molecule has 0 radical (unpaired) electrons. The minimum Gasteiger partial charge on any atom is -0.493 e. The molecule has 1 aliphatic heterocycles. The van der Waals surface area contributed by atoms with Crippen molar-refractivity contribution >= 4 is 17.7 Å². The van der Waals surface area contributed by atoms with E-state index >= 15 is 0 Å². The monoisotopic (exact) mass is 436 g/mol. The van der Waals surface area contributed by atoms with E-state index in [2.05, 4.69) is 5.32 Å². The predicted octanol–water partition coefficient (Wildman–Crippen LogP) is 2.91. The molecule has 1 saturated heterocycles. The molecule has 168 valence electrons. The van der Waals surface area contributed by atoms with E-state index in [0.29, 0.717) is 11.5 Å². The van der Waals surface area contributed by atoms with Crippen molar-refractivity contribution in [2.45, 2.75) is 44.1 Å². The molecular weight excluding hydrogens is 408 g/mol. The van der Waals surface area contributed by atoms with Crippen LogP contribution in [-0.4, -0.2) is 43.4 Å². The predicted molar refractivity (Wildman–Crippen MR) is 118 cm³/mol. The van der Waals surface area contributed by atoms with Gasteiger partial charge in [0.05, 0.1) is 25.7 Å². The Morgan fingerprint density at radius 1 is 1.12 bits per heavy atom. The van der Waals surface area contributed by atoms with Crippen LogP contribution in [0.25, 0.3) is 0 Å². The largest absolute Gasteiger partial charge is 0.493 e. The zero-order valence-electron chi connectivity index (χ0n) is 18.6. The number of nitrogens with zero attached hydrogens (tertiary/aromatic N) is 1. The Kier molecular flexibility index (Phi) is 5.91. The quantitative estimate of drug-likeness (QED) is 0.675. The number of methoxy groups -OCH3 is 2. The Morgan fingerprint density at radius 2 is 1.81 bits per heavy atom. The normalized spacial score (nSPS) is 22.1. The summed E-state index contributed by atoms with van der Waals surface area (Å²) in [6.45, 7) is 1.87. The van der Waals surface area contributed by atoms with Gasteiger partial charge in [-0.2, -0.15) is 0 Å². The summed E-state index contributed by atoms with van der Waals surface area (Å²) in [4.78, 5) is 39.5.